The summed E-state index contributed by atoms with van der Waals surface area (Å²) in [6.07, 6.45) is 1.61. The van der Waals surface area contributed by atoms with E-state index in [4.69, 9.17) is 14.2 Å². The highest BCUT2D eigenvalue weighted by Crippen LogP contribution is 2.38. The first-order valence-corrected chi connectivity index (χ1v) is 8.38. The molecule has 1 aromatic rings. The maximum absolute atomic E-state index is 12.3. The van der Waals surface area contributed by atoms with Crippen LogP contribution in [0.2, 0.25) is 0 Å². The van der Waals surface area contributed by atoms with Crippen LogP contribution in [0, 0.1) is 5.92 Å². The van der Waals surface area contributed by atoms with Gasteiger partial charge in [-0.2, -0.15) is 0 Å². The Morgan fingerprint density at radius 3 is 1.88 bits per heavy atom. The standard InChI is InChI=1S/C18H28N2O5/c1-6-12(7-2)17(21)19-8-9-20-18(22)13-10-14(23-3)16(25-5)15(11-13)24-4/h10-12H,6-9H2,1-5H3,(H,19,21)(H,20,22). The van der Waals surface area contributed by atoms with Crippen molar-refractivity contribution in [2.24, 2.45) is 5.92 Å². The van der Waals surface area contributed by atoms with E-state index in [0.29, 0.717) is 35.9 Å². The summed E-state index contributed by atoms with van der Waals surface area (Å²) >= 11 is 0. The third-order valence-electron chi connectivity index (χ3n) is 3.99. The molecule has 0 aliphatic rings. The van der Waals surface area contributed by atoms with Crippen molar-refractivity contribution in [3.05, 3.63) is 17.7 Å². The molecule has 0 saturated carbocycles. The molecule has 7 nitrogen and oxygen atoms in total. The largest absolute Gasteiger partial charge is 0.493 e. The van der Waals surface area contributed by atoms with Crippen molar-refractivity contribution in [3.63, 3.8) is 0 Å². The van der Waals surface area contributed by atoms with Crippen LogP contribution in [0.4, 0.5) is 0 Å². The van der Waals surface area contributed by atoms with Gasteiger partial charge in [0.2, 0.25) is 11.7 Å². The van der Waals surface area contributed by atoms with Crippen molar-refractivity contribution < 1.29 is 23.8 Å². The van der Waals surface area contributed by atoms with Crippen LogP contribution in [0.3, 0.4) is 0 Å². The summed E-state index contributed by atoms with van der Waals surface area (Å²) in [5, 5.41) is 5.60. The van der Waals surface area contributed by atoms with Crippen molar-refractivity contribution in [2.75, 3.05) is 34.4 Å². The molecule has 0 radical (unpaired) electrons. The Balaban J connectivity index is 2.65. The quantitative estimate of drug-likeness (QED) is 0.629. The van der Waals surface area contributed by atoms with Crippen LogP contribution >= 0.6 is 0 Å². The highest BCUT2D eigenvalue weighted by atomic mass is 16.5. The predicted molar refractivity (Wildman–Crippen MR) is 95.5 cm³/mol. The molecule has 0 fully saturated rings. The first-order valence-electron chi connectivity index (χ1n) is 8.38. The molecule has 1 rings (SSSR count). The van der Waals surface area contributed by atoms with Crippen molar-refractivity contribution in [2.45, 2.75) is 26.7 Å². The van der Waals surface area contributed by atoms with Gasteiger partial charge in [0.1, 0.15) is 0 Å². The van der Waals surface area contributed by atoms with Crippen molar-refractivity contribution in [1.29, 1.82) is 0 Å². The van der Waals surface area contributed by atoms with Gasteiger partial charge >= 0.3 is 0 Å². The third kappa shape index (κ3) is 5.55. The van der Waals surface area contributed by atoms with E-state index in [1.165, 1.54) is 21.3 Å². The molecule has 0 aromatic heterocycles. The second-order valence-electron chi connectivity index (χ2n) is 5.47. The molecule has 1 aromatic carbocycles. The number of carbonyl (C=O) groups excluding carboxylic acids is 2. The molecule has 25 heavy (non-hydrogen) atoms. The zero-order valence-corrected chi connectivity index (χ0v) is 15.6. The molecule has 0 bridgehead atoms. The highest BCUT2D eigenvalue weighted by molar-refractivity contribution is 5.95. The SMILES string of the molecule is CCC(CC)C(=O)NCCNC(=O)c1cc(OC)c(OC)c(OC)c1. The number of ether oxygens (including phenoxy) is 3. The molecule has 7 heteroatoms. The number of methoxy groups -OCH3 is 3. The number of rotatable bonds is 10. The average molecular weight is 352 g/mol. The molecule has 2 amide bonds. The monoisotopic (exact) mass is 352 g/mol. The van der Waals surface area contributed by atoms with E-state index in [-0.39, 0.29) is 17.7 Å². The summed E-state index contributed by atoms with van der Waals surface area (Å²) < 4.78 is 15.7. The molecule has 0 aliphatic heterocycles. The first kappa shape index (κ1) is 20.6. The second-order valence-corrected chi connectivity index (χ2v) is 5.47. The third-order valence-corrected chi connectivity index (χ3v) is 3.99. The van der Waals surface area contributed by atoms with Gasteiger partial charge in [-0.25, -0.2) is 0 Å². The minimum absolute atomic E-state index is 0.0193. The van der Waals surface area contributed by atoms with Crippen LogP contribution in [-0.2, 0) is 4.79 Å². The van der Waals surface area contributed by atoms with Gasteiger partial charge in [0.05, 0.1) is 21.3 Å². The van der Waals surface area contributed by atoms with Crippen LogP contribution in [0.1, 0.15) is 37.0 Å². The Labute approximate surface area is 149 Å². The van der Waals surface area contributed by atoms with Gasteiger partial charge in [-0.1, -0.05) is 13.8 Å². The van der Waals surface area contributed by atoms with Crippen LogP contribution in [0.25, 0.3) is 0 Å². The maximum atomic E-state index is 12.3. The van der Waals surface area contributed by atoms with E-state index in [0.717, 1.165) is 12.8 Å². The van der Waals surface area contributed by atoms with Gasteiger partial charge in [0.25, 0.3) is 5.91 Å². The zero-order chi connectivity index (χ0) is 18.8. The number of amides is 2. The molecule has 0 heterocycles. The molecular formula is C18H28N2O5. The summed E-state index contributed by atoms with van der Waals surface area (Å²) in [5.41, 5.74) is 0.390. The topological polar surface area (TPSA) is 85.9 Å². The van der Waals surface area contributed by atoms with Gasteiger partial charge in [0, 0.05) is 24.6 Å². The lowest BCUT2D eigenvalue weighted by Crippen LogP contribution is -2.37. The number of nitrogens with one attached hydrogen (secondary N) is 2. The van der Waals surface area contributed by atoms with E-state index < -0.39 is 0 Å². The molecule has 0 spiro atoms. The Hall–Kier alpha value is -2.44. The number of carbonyl (C=O) groups is 2. The van der Waals surface area contributed by atoms with Gasteiger partial charge in [0.15, 0.2) is 11.5 Å². The second kappa shape index (κ2) is 10.4. The maximum Gasteiger partial charge on any atom is 0.251 e. The summed E-state index contributed by atoms with van der Waals surface area (Å²) in [6, 6.07) is 3.17. The van der Waals surface area contributed by atoms with Crippen LogP contribution in [0.15, 0.2) is 12.1 Å². The van der Waals surface area contributed by atoms with E-state index in [1.807, 2.05) is 13.8 Å². The van der Waals surface area contributed by atoms with Crippen molar-refractivity contribution in [3.8, 4) is 17.2 Å². The minimum atomic E-state index is -0.281. The normalized spacial score (nSPS) is 10.3. The van der Waals surface area contributed by atoms with Crippen LogP contribution in [0.5, 0.6) is 17.2 Å². The molecule has 0 saturated heterocycles. The fourth-order valence-corrected chi connectivity index (χ4v) is 2.48. The molecule has 140 valence electrons. The minimum Gasteiger partial charge on any atom is -0.493 e. The highest BCUT2D eigenvalue weighted by Gasteiger charge is 2.17. The lowest BCUT2D eigenvalue weighted by atomic mass is 10.0. The summed E-state index contributed by atoms with van der Waals surface area (Å²) in [5.74, 6) is 1.01. The van der Waals surface area contributed by atoms with E-state index in [1.54, 1.807) is 12.1 Å². The molecule has 0 aliphatic carbocycles. The molecule has 0 unspecified atom stereocenters. The van der Waals surface area contributed by atoms with E-state index >= 15 is 0 Å². The summed E-state index contributed by atoms with van der Waals surface area (Å²) in [6.45, 7) is 4.69. The smallest absolute Gasteiger partial charge is 0.251 e. The lowest BCUT2D eigenvalue weighted by Gasteiger charge is -2.15. The van der Waals surface area contributed by atoms with Gasteiger partial charge in [-0.05, 0) is 25.0 Å². The Kier molecular flexibility index (Phi) is 8.60. The van der Waals surface area contributed by atoms with Crippen LogP contribution in [-0.4, -0.2) is 46.2 Å². The Morgan fingerprint density at radius 1 is 0.920 bits per heavy atom. The fourth-order valence-electron chi connectivity index (χ4n) is 2.48. The lowest BCUT2D eigenvalue weighted by molar-refractivity contribution is -0.125. The number of hydrogen-bond acceptors (Lipinski definition) is 5. The Morgan fingerprint density at radius 2 is 1.44 bits per heavy atom. The molecule has 2 N–H and O–H groups in total. The van der Waals surface area contributed by atoms with Gasteiger partial charge < -0.3 is 24.8 Å². The fraction of sp³-hybridized carbons (Fsp3) is 0.556. The van der Waals surface area contributed by atoms with Crippen molar-refractivity contribution >= 4 is 11.8 Å². The van der Waals surface area contributed by atoms with E-state index in [2.05, 4.69) is 10.6 Å². The zero-order valence-electron chi connectivity index (χ0n) is 15.6. The van der Waals surface area contributed by atoms with Crippen molar-refractivity contribution in [1.82, 2.24) is 10.6 Å². The molecule has 0 atom stereocenters. The van der Waals surface area contributed by atoms with Gasteiger partial charge in [-0.3, -0.25) is 9.59 Å². The average Bonchev–Trinajstić information content (AvgIpc) is 2.64. The number of benzene rings is 1. The first-order chi connectivity index (χ1) is 12.0. The van der Waals surface area contributed by atoms with Gasteiger partial charge in [-0.15, -0.1) is 0 Å². The summed E-state index contributed by atoms with van der Waals surface area (Å²) in [4.78, 5) is 24.2. The number of hydrogen-bond donors (Lipinski definition) is 2. The van der Waals surface area contributed by atoms with E-state index in [9.17, 15) is 9.59 Å². The van der Waals surface area contributed by atoms with Crippen LogP contribution < -0.4 is 24.8 Å². The Bertz CT molecular complexity index is 560. The summed E-state index contributed by atoms with van der Waals surface area (Å²) in [7, 11) is 4.49. The molecular weight excluding hydrogens is 324 g/mol. The predicted octanol–water partition coefficient (Wildman–Crippen LogP) is 1.99.